The van der Waals surface area contributed by atoms with Crippen molar-refractivity contribution in [2.24, 2.45) is 0 Å². The van der Waals surface area contributed by atoms with Crippen molar-refractivity contribution in [1.29, 1.82) is 0 Å². The molecule has 0 aromatic heterocycles. The van der Waals surface area contributed by atoms with E-state index in [1.54, 1.807) is 55.5 Å². The zero-order valence-electron chi connectivity index (χ0n) is 19.6. The first-order valence-electron chi connectivity index (χ1n) is 11.1. The largest absolute Gasteiger partial charge is 0.508 e. The molecule has 35 heavy (non-hydrogen) atoms. The number of benzene rings is 3. The Balaban J connectivity index is 1.80. The van der Waals surface area contributed by atoms with Crippen molar-refractivity contribution in [3.63, 3.8) is 0 Å². The Hall–Kier alpha value is -4.30. The Morgan fingerprint density at radius 2 is 1.69 bits per heavy atom. The third kappa shape index (κ3) is 7.62. The van der Waals surface area contributed by atoms with Crippen molar-refractivity contribution >= 4 is 29.1 Å². The molecule has 0 unspecified atom stereocenters. The molecule has 0 aliphatic heterocycles. The van der Waals surface area contributed by atoms with E-state index in [0.29, 0.717) is 29.2 Å². The second-order valence-corrected chi connectivity index (χ2v) is 7.76. The number of para-hydroxylation sites is 2. The van der Waals surface area contributed by atoms with Crippen LogP contribution in [-0.2, 0) is 14.3 Å². The Bertz CT molecular complexity index is 1160. The first-order valence-corrected chi connectivity index (χ1v) is 11.1. The van der Waals surface area contributed by atoms with Gasteiger partial charge in [-0.2, -0.15) is 0 Å². The van der Waals surface area contributed by atoms with Crippen LogP contribution in [0.5, 0.6) is 5.75 Å². The molecule has 3 aromatic carbocycles. The minimum absolute atomic E-state index is 0.0694. The van der Waals surface area contributed by atoms with Crippen LogP contribution in [0.4, 0.5) is 21.9 Å². The predicted octanol–water partition coefficient (Wildman–Crippen LogP) is 5.17. The van der Waals surface area contributed by atoms with Gasteiger partial charge in [0, 0.05) is 18.4 Å². The molecule has 2 atom stereocenters. The fourth-order valence-electron chi connectivity index (χ4n) is 3.29. The van der Waals surface area contributed by atoms with E-state index in [1.165, 1.54) is 24.3 Å². The highest BCUT2D eigenvalue weighted by molar-refractivity contribution is 6.01. The van der Waals surface area contributed by atoms with Crippen LogP contribution >= 0.6 is 0 Å². The number of rotatable bonds is 9. The molecular formula is C27H29N3O5. The molecule has 0 aliphatic rings. The lowest BCUT2D eigenvalue weighted by atomic mass is 10.0. The highest BCUT2D eigenvalue weighted by Crippen LogP contribution is 2.27. The summed E-state index contributed by atoms with van der Waals surface area (Å²) in [6.07, 6.45) is 0.460. The lowest BCUT2D eigenvalue weighted by Crippen LogP contribution is -2.28. The third-order valence-electron chi connectivity index (χ3n) is 5.07. The Morgan fingerprint density at radius 3 is 2.34 bits per heavy atom. The third-order valence-corrected chi connectivity index (χ3v) is 5.07. The molecule has 182 valence electrons. The second-order valence-electron chi connectivity index (χ2n) is 7.76. The van der Waals surface area contributed by atoms with Crippen LogP contribution in [0.2, 0.25) is 0 Å². The molecule has 0 saturated carbocycles. The van der Waals surface area contributed by atoms with E-state index in [-0.39, 0.29) is 5.75 Å². The fourth-order valence-corrected chi connectivity index (χ4v) is 3.29. The summed E-state index contributed by atoms with van der Waals surface area (Å²) in [4.78, 5) is 25.2. The number of anilines is 3. The number of nitrogen functional groups attached to an aromatic ring is 1. The van der Waals surface area contributed by atoms with Crippen LogP contribution in [0.1, 0.15) is 24.2 Å². The summed E-state index contributed by atoms with van der Waals surface area (Å²) >= 11 is 0. The highest BCUT2D eigenvalue weighted by Gasteiger charge is 2.26. The van der Waals surface area contributed by atoms with Crippen LogP contribution in [0.3, 0.4) is 0 Å². The number of amides is 2. The van der Waals surface area contributed by atoms with Gasteiger partial charge in [-0.3, -0.25) is 10.1 Å². The zero-order valence-corrected chi connectivity index (χ0v) is 19.6. The molecule has 0 heterocycles. The molecular weight excluding hydrogens is 446 g/mol. The van der Waals surface area contributed by atoms with E-state index < -0.39 is 24.2 Å². The predicted molar refractivity (Wildman–Crippen MR) is 136 cm³/mol. The van der Waals surface area contributed by atoms with Crippen LogP contribution in [0, 0.1) is 6.92 Å². The van der Waals surface area contributed by atoms with E-state index in [4.69, 9.17) is 15.2 Å². The second kappa shape index (κ2) is 12.2. The van der Waals surface area contributed by atoms with Crippen molar-refractivity contribution in [3.05, 3.63) is 96.1 Å². The van der Waals surface area contributed by atoms with Gasteiger partial charge < -0.3 is 25.6 Å². The summed E-state index contributed by atoms with van der Waals surface area (Å²) in [6, 6.07) is 20.4. The van der Waals surface area contributed by atoms with Gasteiger partial charge in [-0.1, -0.05) is 42.0 Å². The smallest absolute Gasteiger partial charge is 0.412 e. The van der Waals surface area contributed by atoms with Crippen LogP contribution < -0.4 is 16.4 Å². The quantitative estimate of drug-likeness (QED) is 0.250. The monoisotopic (exact) mass is 475 g/mol. The highest BCUT2D eigenvalue weighted by atomic mass is 16.6. The van der Waals surface area contributed by atoms with Gasteiger partial charge >= 0.3 is 6.09 Å². The molecule has 8 heteroatoms. The van der Waals surface area contributed by atoms with E-state index in [2.05, 4.69) is 10.6 Å². The Kier molecular flexibility index (Phi) is 8.86. The van der Waals surface area contributed by atoms with E-state index >= 15 is 0 Å². The van der Waals surface area contributed by atoms with Crippen molar-refractivity contribution in [2.75, 3.05) is 23.0 Å². The first-order chi connectivity index (χ1) is 16.9. The normalized spacial score (nSPS) is 12.6. The van der Waals surface area contributed by atoms with E-state index in [9.17, 15) is 14.7 Å². The van der Waals surface area contributed by atoms with E-state index in [1.807, 2.05) is 19.1 Å². The summed E-state index contributed by atoms with van der Waals surface area (Å²) in [7, 11) is 0. The molecule has 2 amide bonds. The average molecular weight is 476 g/mol. The minimum atomic E-state index is -0.896. The summed E-state index contributed by atoms with van der Waals surface area (Å²) in [5.41, 5.74) is 9.03. The number of phenols is 1. The van der Waals surface area contributed by atoms with Gasteiger partial charge in [0.05, 0.1) is 11.4 Å². The van der Waals surface area contributed by atoms with Crippen molar-refractivity contribution in [2.45, 2.75) is 26.1 Å². The number of aryl methyl sites for hydroxylation is 1. The Labute approximate surface area is 204 Å². The fraction of sp³-hybridized carbons (Fsp3) is 0.185. The maximum Gasteiger partial charge on any atom is 0.412 e. The van der Waals surface area contributed by atoms with Crippen molar-refractivity contribution in [3.8, 4) is 5.75 Å². The number of aromatic hydroxyl groups is 1. The summed E-state index contributed by atoms with van der Waals surface area (Å²) in [6.45, 7) is 4.05. The SMILES string of the molecule is CCO[C@@H](/C=C/C(=O)Nc1ccccc1N)[C@@H](OC(=O)Nc1ccc(C)cc1)c1ccc(O)cc1. The van der Waals surface area contributed by atoms with Gasteiger partial charge in [0.1, 0.15) is 11.9 Å². The molecule has 3 aromatic rings. The molecule has 0 aliphatic carbocycles. The molecule has 0 bridgehead atoms. The number of nitrogens with one attached hydrogen (secondary N) is 2. The lowest BCUT2D eigenvalue weighted by Gasteiger charge is -2.25. The number of carbonyl (C=O) groups excluding carboxylic acids is 2. The maximum absolute atomic E-state index is 12.7. The van der Waals surface area contributed by atoms with Crippen LogP contribution in [0.15, 0.2) is 84.9 Å². The first kappa shape index (κ1) is 25.3. The molecule has 0 saturated heterocycles. The lowest BCUT2D eigenvalue weighted by molar-refractivity contribution is -0.112. The van der Waals surface area contributed by atoms with Crippen molar-refractivity contribution < 1.29 is 24.2 Å². The molecule has 0 fully saturated rings. The van der Waals surface area contributed by atoms with Gasteiger partial charge in [0.2, 0.25) is 5.91 Å². The summed E-state index contributed by atoms with van der Waals surface area (Å²) in [5.74, 6) is -0.346. The number of hydrogen-bond acceptors (Lipinski definition) is 6. The van der Waals surface area contributed by atoms with Gasteiger partial charge in [-0.25, -0.2) is 4.79 Å². The minimum Gasteiger partial charge on any atom is -0.508 e. The summed E-state index contributed by atoms with van der Waals surface area (Å²) in [5, 5.41) is 15.1. The van der Waals surface area contributed by atoms with Crippen LogP contribution in [0.25, 0.3) is 0 Å². The van der Waals surface area contributed by atoms with Gasteiger partial charge in [0.15, 0.2) is 6.10 Å². The molecule has 0 spiro atoms. The number of ether oxygens (including phenoxy) is 2. The maximum atomic E-state index is 12.7. The average Bonchev–Trinajstić information content (AvgIpc) is 2.84. The topological polar surface area (TPSA) is 123 Å². The Morgan fingerprint density at radius 1 is 1.00 bits per heavy atom. The molecule has 5 N–H and O–H groups in total. The summed E-state index contributed by atoms with van der Waals surface area (Å²) < 4.78 is 11.6. The molecule has 3 rings (SSSR count). The van der Waals surface area contributed by atoms with Gasteiger partial charge in [-0.05, 0) is 61.9 Å². The van der Waals surface area contributed by atoms with Crippen LogP contribution in [-0.4, -0.2) is 29.8 Å². The van der Waals surface area contributed by atoms with Crippen molar-refractivity contribution in [1.82, 2.24) is 0 Å². The van der Waals surface area contributed by atoms with E-state index in [0.717, 1.165) is 5.56 Å². The number of hydrogen-bond donors (Lipinski definition) is 4. The zero-order chi connectivity index (χ0) is 25.2. The molecule has 8 nitrogen and oxygen atoms in total. The van der Waals surface area contributed by atoms with Gasteiger partial charge in [0.25, 0.3) is 0 Å². The molecule has 0 radical (unpaired) electrons. The van der Waals surface area contributed by atoms with Gasteiger partial charge in [-0.15, -0.1) is 0 Å². The number of nitrogens with two attached hydrogens (primary N) is 1. The standard InChI is InChI=1S/C27H29N3O5/c1-3-34-24(16-17-25(32)30-23-7-5-4-6-22(23)28)26(19-10-14-21(31)15-11-19)35-27(33)29-20-12-8-18(2)9-13-20/h4-17,24,26,31H,3,28H2,1-2H3,(H,29,33)(H,30,32)/b17-16+/t24-,26-/m0/s1. The number of phenolic OH excluding ortho intramolecular Hbond substituents is 1. The number of carbonyl (C=O) groups is 2.